The van der Waals surface area contributed by atoms with Crippen LogP contribution in [-0.4, -0.2) is 27.6 Å². The first-order valence-corrected chi connectivity index (χ1v) is 10.0. The molecule has 1 amide bonds. The smallest absolute Gasteiger partial charge is 0.345 e. The molecule has 0 N–H and O–H groups in total. The van der Waals surface area contributed by atoms with Gasteiger partial charge in [-0.1, -0.05) is 65.4 Å². The third-order valence-electron chi connectivity index (χ3n) is 3.72. The number of benzene rings is 2. The van der Waals surface area contributed by atoms with Crippen molar-refractivity contribution in [3.8, 4) is 5.75 Å². The number of hydrogen-bond acceptors (Lipinski definition) is 5. The number of nitrogens with zero attached hydrogens (tertiary/aromatic N) is 1. The third kappa shape index (κ3) is 4.64. The fraction of sp³-hybridized carbons (Fsp3) is 0.0500. The lowest BCUT2D eigenvalue weighted by molar-refractivity contribution is -0.121. The number of thiocarbonyl (C=S) groups is 1. The van der Waals surface area contributed by atoms with Crippen molar-refractivity contribution in [2.75, 3.05) is 6.54 Å². The predicted octanol–water partition coefficient (Wildman–Crippen LogP) is 5.60. The van der Waals surface area contributed by atoms with Crippen LogP contribution in [-0.2, 0) is 4.79 Å². The topological polar surface area (TPSA) is 46.6 Å². The van der Waals surface area contributed by atoms with Gasteiger partial charge in [0.25, 0.3) is 5.91 Å². The summed E-state index contributed by atoms with van der Waals surface area (Å²) in [6.45, 7) is 4.01. The molecule has 0 radical (unpaired) electrons. The van der Waals surface area contributed by atoms with Gasteiger partial charge in [0, 0.05) is 11.6 Å². The van der Waals surface area contributed by atoms with Crippen LogP contribution in [0, 0.1) is 0 Å². The van der Waals surface area contributed by atoms with Crippen molar-refractivity contribution in [3.05, 3.63) is 81.2 Å². The maximum atomic E-state index is 12.3. The van der Waals surface area contributed by atoms with Crippen molar-refractivity contribution in [1.29, 1.82) is 0 Å². The molecule has 28 heavy (non-hydrogen) atoms. The summed E-state index contributed by atoms with van der Waals surface area (Å²) in [7, 11) is 0. The number of esters is 1. The molecule has 0 saturated carbocycles. The molecule has 1 aliphatic rings. The minimum atomic E-state index is -0.584. The molecule has 0 atom stereocenters. The van der Waals surface area contributed by atoms with Crippen LogP contribution in [0.25, 0.3) is 6.08 Å². The Morgan fingerprint density at radius 2 is 1.93 bits per heavy atom. The Labute approximate surface area is 181 Å². The number of ether oxygens (including phenoxy) is 1. The van der Waals surface area contributed by atoms with E-state index >= 15 is 0 Å². The minimum Gasteiger partial charge on any atom is -0.423 e. The van der Waals surface area contributed by atoms with Gasteiger partial charge in [0.15, 0.2) is 0 Å². The second-order valence-electron chi connectivity index (χ2n) is 5.66. The molecule has 3 rings (SSSR count). The highest BCUT2D eigenvalue weighted by molar-refractivity contribution is 8.26. The maximum Gasteiger partial charge on any atom is 0.345 e. The van der Waals surface area contributed by atoms with Crippen molar-refractivity contribution in [2.24, 2.45) is 0 Å². The first kappa shape index (κ1) is 20.6. The lowest BCUT2D eigenvalue weighted by atomic mass is 10.2. The largest absolute Gasteiger partial charge is 0.423 e. The summed E-state index contributed by atoms with van der Waals surface area (Å²) in [4.78, 5) is 26.6. The Balaban J connectivity index is 1.72. The van der Waals surface area contributed by atoms with Gasteiger partial charge in [-0.2, -0.15) is 0 Å². The highest BCUT2D eigenvalue weighted by Gasteiger charge is 2.30. The molecule has 2 aromatic carbocycles. The third-order valence-corrected chi connectivity index (χ3v) is 5.65. The van der Waals surface area contributed by atoms with Crippen LogP contribution < -0.4 is 4.74 Å². The van der Waals surface area contributed by atoms with Gasteiger partial charge in [-0.25, -0.2) is 4.79 Å². The summed E-state index contributed by atoms with van der Waals surface area (Å²) in [5.41, 5.74) is 1.00. The van der Waals surface area contributed by atoms with Gasteiger partial charge in [0.1, 0.15) is 10.1 Å². The number of amides is 1. The monoisotopic (exact) mass is 449 g/mol. The standard InChI is InChI=1S/C20H13Cl2NO3S2/c1-2-9-23-18(24)17(28-20(23)27)10-12-3-6-14(7-4-12)26-19(25)15-8-5-13(21)11-16(15)22/h2-8,10-11H,1,9H2. The van der Waals surface area contributed by atoms with E-state index < -0.39 is 5.97 Å². The zero-order valence-electron chi connectivity index (χ0n) is 14.4. The first-order valence-electron chi connectivity index (χ1n) is 8.02. The summed E-state index contributed by atoms with van der Waals surface area (Å²) in [5, 5.41) is 0.653. The van der Waals surface area contributed by atoms with Crippen molar-refractivity contribution >= 4 is 69.5 Å². The molecule has 0 spiro atoms. The summed E-state index contributed by atoms with van der Waals surface area (Å²) in [6.07, 6.45) is 3.37. The molecular formula is C20H13Cl2NO3S2. The highest BCUT2D eigenvalue weighted by Crippen LogP contribution is 2.32. The van der Waals surface area contributed by atoms with Crippen LogP contribution >= 0.6 is 47.2 Å². The Kier molecular flexibility index (Phi) is 6.57. The zero-order valence-corrected chi connectivity index (χ0v) is 17.5. The number of carbonyl (C=O) groups excluding carboxylic acids is 2. The molecule has 1 aliphatic heterocycles. The van der Waals surface area contributed by atoms with E-state index in [1.807, 2.05) is 0 Å². The van der Waals surface area contributed by atoms with Crippen LogP contribution in [0.15, 0.2) is 60.0 Å². The zero-order chi connectivity index (χ0) is 20.3. The number of thioether (sulfide) groups is 1. The van der Waals surface area contributed by atoms with Gasteiger partial charge >= 0.3 is 5.97 Å². The van der Waals surface area contributed by atoms with Crippen LogP contribution in [0.4, 0.5) is 0 Å². The molecule has 1 saturated heterocycles. The summed E-state index contributed by atoms with van der Waals surface area (Å²) in [5.74, 6) is -0.380. The van der Waals surface area contributed by atoms with E-state index in [4.69, 9.17) is 40.2 Å². The van der Waals surface area contributed by atoms with E-state index in [0.717, 1.165) is 5.56 Å². The van der Waals surface area contributed by atoms with E-state index in [2.05, 4.69) is 6.58 Å². The van der Waals surface area contributed by atoms with Gasteiger partial charge in [-0.15, -0.1) is 6.58 Å². The summed E-state index contributed by atoms with van der Waals surface area (Å²) < 4.78 is 5.84. The highest BCUT2D eigenvalue weighted by atomic mass is 35.5. The average Bonchev–Trinajstić information content (AvgIpc) is 2.91. The van der Waals surface area contributed by atoms with Crippen molar-refractivity contribution < 1.29 is 14.3 Å². The van der Waals surface area contributed by atoms with Gasteiger partial charge in [0.2, 0.25) is 0 Å². The van der Waals surface area contributed by atoms with Crippen molar-refractivity contribution in [1.82, 2.24) is 4.90 Å². The molecule has 0 bridgehead atoms. The molecule has 0 unspecified atom stereocenters. The number of hydrogen-bond donors (Lipinski definition) is 0. The molecule has 8 heteroatoms. The summed E-state index contributed by atoms with van der Waals surface area (Å²) in [6, 6.07) is 11.3. The SMILES string of the molecule is C=CCN1C(=O)C(=Cc2ccc(OC(=O)c3ccc(Cl)cc3Cl)cc2)SC1=S. The quantitative estimate of drug-likeness (QED) is 0.195. The van der Waals surface area contributed by atoms with Crippen LogP contribution in [0.5, 0.6) is 5.75 Å². The molecular weight excluding hydrogens is 437 g/mol. The first-order chi connectivity index (χ1) is 13.4. The molecule has 1 heterocycles. The Morgan fingerprint density at radius 1 is 1.21 bits per heavy atom. The Hall–Kier alpha value is -2.12. The predicted molar refractivity (Wildman–Crippen MR) is 118 cm³/mol. The summed E-state index contributed by atoms with van der Waals surface area (Å²) >= 11 is 18.3. The normalized spacial score (nSPS) is 15.2. The Bertz CT molecular complexity index is 1000. The average molecular weight is 450 g/mol. The van der Waals surface area contributed by atoms with Gasteiger partial charge < -0.3 is 4.74 Å². The molecule has 1 fully saturated rings. The van der Waals surface area contributed by atoms with E-state index in [1.54, 1.807) is 42.5 Å². The molecule has 0 aliphatic carbocycles. The van der Waals surface area contributed by atoms with Crippen molar-refractivity contribution in [3.63, 3.8) is 0 Å². The molecule has 4 nitrogen and oxygen atoms in total. The maximum absolute atomic E-state index is 12.3. The number of halogens is 2. The van der Waals surface area contributed by atoms with Crippen LogP contribution in [0.2, 0.25) is 10.0 Å². The van der Waals surface area contributed by atoms with E-state index in [9.17, 15) is 9.59 Å². The van der Waals surface area contributed by atoms with Gasteiger partial charge in [0.05, 0.1) is 15.5 Å². The van der Waals surface area contributed by atoms with Crippen LogP contribution in [0.3, 0.4) is 0 Å². The minimum absolute atomic E-state index is 0.150. The second kappa shape index (κ2) is 8.92. The van der Waals surface area contributed by atoms with Gasteiger partial charge in [-0.3, -0.25) is 9.69 Å². The van der Waals surface area contributed by atoms with E-state index in [0.29, 0.717) is 26.5 Å². The van der Waals surface area contributed by atoms with Gasteiger partial charge in [-0.05, 0) is 42.0 Å². The van der Waals surface area contributed by atoms with Crippen molar-refractivity contribution in [2.45, 2.75) is 0 Å². The molecule has 0 aromatic heterocycles. The fourth-order valence-electron chi connectivity index (χ4n) is 2.39. The Morgan fingerprint density at radius 3 is 2.57 bits per heavy atom. The lowest BCUT2D eigenvalue weighted by Crippen LogP contribution is -2.27. The second-order valence-corrected chi connectivity index (χ2v) is 8.18. The number of carbonyl (C=O) groups is 2. The van der Waals surface area contributed by atoms with E-state index in [1.165, 1.54) is 28.8 Å². The van der Waals surface area contributed by atoms with E-state index in [-0.39, 0.29) is 16.5 Å². The van der Waals surface area contributed by atoms with Crippen LogP contribution in [0.1, 0.15) is 15.9 Å². The molecule has 2 aromatic rings. The number of rotatable bonds is 5. The lowest BCUT2D eigenvalue weighted by Gasteiger charge is -2.10. The molecule has 142 valence electrons. The fourth-order valence-corrected chi connectivity index (χ4v) is 4.15.